The topological polar surface area (TPSA) is 45.5 Å². The summed E-state index contributed by atoms with van der Waals surface area (Å²) in [7, 11) is 3.68. The summed E-state index contributed by atoms with van der Waals surface area (Å²) in [6, 6.07) is 23.4. The Morgan fingerprint density at radius 1 is 1.00 bits per heavy atom. The molecule has 0 fully saturated rings. The molecule has 0 spiro atoms. The van der Waals surface area contributed by atoms with E-state index >= 15 is 0 Å². The van der Waals surface area contributed by atoms with Crippen molar-refractivity contribution in [3.8, 4) is 11.3 Å². The SMILES string of the molecule is CN(CCC(O)c1ccccc1)C(=O)c1ccc(-c2ccccc2)n1C. The number of aromatic nitrogens is 1. The van der Waals surface area contributed by atoms with E-state index in [2.05, 4.69) is 0 Å². The van der Waals surface area contributed by atoms with E-state index in [4.69, 9.17) is 0 Å². The van der Waals surface area contributed by atoms with Crippen molar-refractivity contribution in [3.05, 3.63) is 84.1 Å². The van der Waals surface area contributed by atoms with Crippen molar-refractivity contribution in [2.24, 2.45) is 7.05 Å². The molecule has 26 heavy (non-hydrogen) atoms. The predicted octanol–water partition coefficient (Wildman–Crippen LogP) is 3.89. The molecule has 0 radical (unpaired) electrons. The van der Waals surface area contributed by atoms with Crippen molar-refractivity contribution < 1.29 is 9.90 Å². The highest BCUT2D eigenvalue weighted by Gasteiger charge is 2.18. The number of carbonyl (C=O) groups excluding carboxylic acids is 1. The molecule has 0 saturated heterocycles. The maximum atomic E-state index is 12.8. The Hall–Kier alpha value is -2.85. The summed E-state index contributed by atoms with van der Waals surface area (Å²) in [5, 5.41) is 10.3. The summed E-state index contributed by atoms with van der Waals surface area (Å²) in [6.45, 7) is 0.487. The monoisotopic (exact) mass is 348 g/mol. The van der Waals surface area contributed by atoms with E-state index in [1.54, 1.807) is 11.9 Å². The Kier molecular flexibility index (Phi) is 5.54. The van der Waals surface area contributed by atoms with Crippen LogP contribution in [0.15, 0.2) is 72.8 Å². The minimum absolute atomic E-state index is 0.0463. The van der Waals surface area contributed by atoms with E-state index in [1.807, 2.05) is 84.4 Å². The number of carbonyl (C=O) groups is 1. The number of aliphatic hydroxyl groups is 1. The molecule has 0 aliphatic rings. The van der Waals surface area contributed by atoms with Crippen LogP contribution in [0.1, 0.15) is 28.6 Å². The lowest BCUT2D eigenvalue weighted by atomic mass is 10.1. The van der Waals surface area contributed by atoms with Crippen LogP contribution in [0, 0.1) is 0 Å². The highest BCUT2D eigenvalue weighted by atomic mass is 16.3. The molecule has 4 nitrogen and oxygen atoms in total. The van der Waals surface area contributed by atoms with Gasteiger partial charge in [-0.05, 0) is 29.7 Å². The van der Waals surface area contributed by atoms with Gasteiger partial charge < -0.3 is 14.6 Å². The maximum absolute atomic E-state index is 12.8. The number of benzene rings is 2. The molecule has 0 bridgehead atoms. The Morgan fingerprint density at radius 2 is 1.62 bits per heavy atom. The lowest BCUT2D eigenvalue weighted by Gasteiger charge is -2.20. The highest BCUT2D eigenvalue weighted by Crippen LogP contribution is 2.22. The van der Waals surface area contributed by atoms with Gasteiger partial charge in [0.1, 0.15) is 5.69 Å². The van der Waals surface area contributed by atoms with Gasteiger partial charge in [0.25, 0.3) is 5.91 Å². The van der Waals surface area contributed by atoms with Gasteiger partial charge in [0, 0.05) is 26.3 Å². The zero-order valence-corrected chi connectivity index (χ0v) is 15.2. The number of aliphatic hydroxyl groups excluding tert-OH is 1. The van der Waals surface area contributed by atoms with Gasteiger partial charge in [0.15, 0.2) is 0 Å². The average Bonchev–Trinajstić information content (AvgIpc) is 3.08. The Bertz CT molecular complexity index is 856. The van der Waals surface area contributed by atoms with Gasteiger partial charge >= 0.3 is 0 Å². The quantitative estimate of drug-likeness (QED) is 0.735. The molecule has 4 heteroatoms. The van der Waals surface area contributed by atoms with Crippen molar-refractivity contribution in [1.82, 2.24) is 9.47 Å². The lowest BCUT2D eigenvalue weighted by Crippen LogP contribution is -2.30. The first-order chi connectivity index (χ1) is 12.6. The Morgan fingerprint density at radius 3 is 2.27 bits per heavy atom. The summed E-state index contributed by atoms with van der Waals surface area (Å²) in [5.74, 6) is -0.0463. The first kappa shape index (κ1) is 18.0. The van der Waals surface area contributed by atoms with Crippen LogP contribution in [0.4, 0.5) is 0 Å². The van der Waals surface area contributed by atoms with Crippen LogP contribution in [-0.4, -0.2) is 34.1 Å². The first-order valence-corrected chi connectivity index (χ1v) is 8.77. The fourth-order valence-electron chi connectivity index (χ4n) is 3.08. The van der Waals surface area contributed by atoms with Gasteiger partial charge in [-0.2, -0.15) is 0 Å². The summed E-state index contributed by atoms with van der Waals surface area (Å²) in [5.41, 5.74) is 3.60. The molecule has 1 unspecified atom stereocenters. The molecule has 1 amide bonds. The molecule has 1 N–H and O–H groups in total. The fraction of sp³-hybridized carbons (Fsp3) is 0.227. The standard InChI is InChI=1S/C22H24N2O2/c1-23(16-15-21(25)18-11-7-4-8-12-18)22(26)20-14-13-19(24(20)2)17-9-5-3-6-10-17/h3-14,21,25H,15-16H2,1-2H3. The number of amides is 1. The third-order valence-electron chi connectivity index (χ3n) is 4.68. The number of hydrogen-bond donors (Lipinski definition) is 1. The number of hydrogen-bond acceptors (Lipinski definition) is 2. The Labute approximate surface area is 154 Å². The Balaban J connectivity index is 1.67. The second-order valence-electron chi connectivity index (χ2n) is 6.47. The van der Waals surface area contributed by atoms with E-state index < -0.39 is 6.10 Å². The van der Waals surface area contributed by atoms with E-state index in [1.165, 1.54) is 0 Å². The summed E-state index contributed by atoms with van der Waals surface area (Å²) in [4.78, 5) is 14.4. The minimum Gasteiger partial charge on any atom is -0.388 e. The van der Waals surface area contributed by atoms with Crippen LogP contribution < -0.4 is 0 Å². The smallest absolute Gasteiger partial charge is 0.270 e. The van der Waals surface area contributed by atoms with Crippen molar-refractivity contribution >= 4 is 5.91 Å². The second kappa shape index (κ2) is 8.02. The van der Waals surface area contributed by atoms with E-state index in [9.17, 15) is 9.90 Å². The van der Waals surface area contributed by atoms with Crippen LogP contribution >= 0.6 is 0 Å². The average molecular weight is 348 g/mol. The molecule has 1 atom stereocenters. The lowest BCUT2D eigenvalue weighted by molar-refractivity contribution is 0.0752. The number of nitrogens with zero attached hydrogens (tertiary/aromatic N) is 2. The molecule has 3 rings (SSSR count). The first-order valence-electron chi connectivity index (χ1n) is 8.77. The highest BCUT2D eigenvalue weighted by molar-refractivity contribution is 5.93. The van der Waals surface area contributed by atoms with Crippen LogP contribution in [-0.2, 0) is 7.05 Å². The van der Waals surface area contributed by atoms with Gasteiger partial charge in [-0.25, -0.2) is 0 Å². The van der Waals surface area contributed by atoms with Crippen LogP contribution in [0.5, 0.6) is 0 Å². The third-order valence-corrected chi connectivity index (χ3v) is 4.68. The molecule has 1 heterocycles. The van der Waals surface area contributed by atoms with Crippen LogP contribution in [0.3, 0.4) is 0 Å². The fourth-order valence-corrected chi connectivity index (χ4v) is 3.08. The van der Waals surface area contributed by atoms with Gasteiger partial charge in [0.05, 0.1) is 6.10 Å². The van der Waals surface area contributed by atoms with Crippen molar-refractivity contribution in [2.75, 3.05) is 13.6 Å². The van der Waals surface area contributed by atoms with E-state index in [0.29, 0.717) is 18.7 Å². The largest absolute Gasteiger partial charge is 0.388 e. The minimum atomic E-state index is -0.570. The molecule has 2 aromatic carbocycles. The predicted molar refractivity (Wildman–Crippen MR) is 104 cm³/mol. The van der Waals surface area contributed by atoms with Gasteiger partial charge in [0.2, 0.25) is 0 Å². The molecule has 0 aliphatic heterocycles. The third kappa shape index (κ3) is 3.86. The summed E-state index contributed by atoms with van der Waals surface area (Å²) >= 11 is 0. The molecule has 0 saturated carbocycles. The van der Waals surface area contributed by atoms with Crippen molar-refractivity contribution in [1.29, 1.82) is 0 Å². The molecule has 3 aromatic rings. The molecule has 0 aliphatic carbocycles. The normalized spacial score (nSPS) is 12.0. The van der Waals surface area contributed by atoms with Gasteiger partial charge in [-0.15, -0.1) is 0 Å². The van der Waals surface area contributed by atoms with E-state index in [-0.39, 0.29) is 5.91 Å². The van der Waals surface area contributed by atoms with Crippen LogP contribution in [0.25, 0.3) is 11.3 Å². The number of rotatable bonds is 6. The van der Waals surface area contributed by atoms with Crippen molar-refractivity contribution in [3.63, 3.8) is 0 Å². The molecular weight excluding hydrogens is 324 g/mol. The van der Waals surface area contributed by atoms with Gasteiger partial charge in [-0.3, -0.25) is 4.79 Å². The molecule has 1 aromatic heterocycles. The van der Waals surface area contributed by atoms with E-state index in [0.717, 1.165) is 16.8 Å². The van der Waals surface area contributed by atoms with Gasteiger partial charge in [-0.1, -0.05) is 60.7 Å². The second-order valence-corrected chi connectivity index (χ2v) is 6.47. The maximum Gasteiger partial charge on any atom is 0.270 e. The summed E-state index contributed by atoms with van der Waals surface area (Å²) < 4.78 is 1.92. The summed E-state index contributed by atoms with van der Waals surface area (Å²) in [6.07, 6.45) is -0.0675. The van der Waals surface area contributed by atoms with Crippen molar-refractivity contribution in [2.45, 2.75) is 12.5 Å². The zero-order valence-electron chi connectivity index (χ0n) is 15.2. The molecule has 134 valence electrons. The van der Waals surface area contributed by atoms with Crippen LogP contribution in [0.2, 0.25) is 0 Å². The zero-order chi connectivity index (χ0) is 18.5. The molecular formula is C22H24N2O2.